The van der Waals surface area contributed by atoms with Crippen molar-refractivity contribution < 1.29 is 14.3 Å². The highest BCUT2D eigenvalue weighted by atomic mass is 16.5. The molecule has 6 rings (SSSR count). The highest BCUT2D eigenvalue weighted by Crippen LogP contribution is 2.64. The third kappa shape index (κ3) is 5.43. The van der Waals surface area contributed by atoms with E-state index in [1.807, 2.05) is 6.07 Å². The average molecular weight is 523 g/mol. The van der Waals surface area contributed by atoms with Gasteiger partial charge in [0.05, 0.1) is 12.7 Å². The van der Waals surface area contributed by atoms with Gasteiger partial charge in [-0.2, -0.15) is 0 Å². The van der Waals surface area contributed by atoms with Crippen LogP contribution in [0.25, 0.3) is 0 Å². The lowest BCUT2D eigenvalue weighted by atomic mass is 9.51. The molecule has 2 saturated carbocycles. The van der Waals surface area contributed by atoms with Gasteiger partial charge in [0.1, 0.15) is 18.1 Å². The van der Waals surface area contributed by atoms with Gasteiger partial charge in [-0.25, -0.2) is 0 Å². The fourth-order valence-electron chi connectivity index (χ4n) is 8.36. The van der Waals surface area contributed by atoms with Crippen LogP contribution >= 0.6 is 0 Å². The Labute approximate surface area is 233 Å². The van der Waals surface area contributed by atoms with Crippen LogP contribution in [0, 0.1) is 23.2 Å². The van der Waals surface area contributed by atoms with Crippen LogP contribution in [0.5, 0.6) is 5.75 Å². The van der Waals surface area contributed by atoms with Crippen molar-refractivity contribution in [2.45, 2.75) is 84.0 Å². The van der Waals surface area contributed by atoms with Gasteiger partial charge in [-0.1, -0.05) is 73.7 Å². The zero-order valence-corrected chi connectivity index (χ0v) is 23.5. The van der Waals surface area contributed by atoms with Crippen LogP contribution in [-0.2, 0) is 29.2 Å². The molecule has 3 aliphatic carbocycles. The van der Waals surface area contributed by atoms with Crippen LogP contribution < -0.4 is 4.74 Å². The first-order valence-corrected chi connectivity index (χ1v) is 15.0. The van der Waals surface area contributed by atoms with Gasteiger partial charge in [-0.15, -0.1) is 0 Å². The number of hydrogen-bond acceptors (Lipinski definition) is 3. The van der Waals surface area contributed by atoms with Crippen molar-refractivity contribution in [3.63, 3.8) is 0 Å². The van der Waals surface area contributed by atoms with Crippen molar-refractivity contribution in [3.05, 3.63) is 101 Å². The first kappa shape index (κ1) is 26.3. The standard InChI is InChI=1S/C36H42O3/c1-25(37)13-14-29-22-36(2)33(19-20-34(36)39-24-27-11-7-4-8-12-27)32-17-15-28-21-30(16-18-31(28)35(29)32)38-23-26-9-5-3-6-10-26/h3-12,16,18,21,29,32-35H,13-15,17,19-20,22-24H2,1-2H3/t29-,32-,33-,34?,35+,36-/m0/s1. The predicted octanol–water partition coefficient (Wildman–Crippen LogP) is 8.30. The number of aryl methyl sites for hydroxylation is 1. The summed E-state index contributed by atoms with van der Waals surface area (Å²) in [7, 11) is 0. The van der Waals surface area contributed by atoms with E-state index >= 15 is 0 Å². The number of carbonyl (C=O) groups excluding carboxylic acids is 1. The summed E-state index contributed by atoms with van der Waals surface area (Å²) in [5, 5.41) is 0. The highest BCUT2D eigenvalue weighted by Gasteiger charge is 2.58. The molecule has 2 fully saturated rings. The van der Waals surface area contributed by atoms with Crippen LogP contribution in [0.3, 0.4) is 0 Å². The zero-order valence-electron chi connectivity index (χ0n) is 23.5. The SMILES string of the molecule is CC(=O)CC[C@H]1C[C@]2(C)C(OCc3ccccc3)CC[C@H]2[C@@H]2CCc3cc(OCc4ccccc4)ccc3[C@@H]12. The molecule has 1 unspecified atom stereocenters. The number of ketones is 1. The Morgan fingerprint density at radius 3 is 2.33 bits per heavy atom. The van der Waals surface area contributed by atoms with Crippen molar-refractivity contribution in [3.8, 4) is 5.75 Å². The number of Topliss-reactive ketones (excluding diaryl/α,β-unsaturated/α-hetero) is 1. The van der Waals surface area contributed by atoms with Gasteiger partial charge in [0.2, 0.25) is 0 Å². The molecule has 204 valence electrons. The largest absolute Gasteiger partial charge is 0.489 e. The molecule has 0 saturated heterocycles. The minimum absolute atomic E-state index is 0.174. The second kappa shape index (κ2) is 11.3. The second-order valence-electron chi connectivity index (χ2n) is 12.5. The molecule has 0 amide bonds. The fraction of sp³-hybridized carbons (Fsp3) is 0.472. The Morgan fingerprint density at radius 2 is 1.62 bits per heavy atom. The topological polar surface area (TPSA) is 35.5 Å². The maximum Gasteiger partial charge on any atom is 0.129 e. The van der Waals surface area contributed by atoms with E-state index in [-0.39, 0.29) is 5.41 Å². The Hall–Kier alpha value is -2.91. The molecule has 39 heavy (non-hydrogen) atoms. The summed E-state index contributed by atoms with van der Waals surface area (Å²) >= 11 is 0. The molecule has 6 atom stereocenters. The number of carbonyl (C=O) groups is 1. The van der Waals surface area contributed by atoms with Crippen molar-refractivity contribution in [1.82, 2.24) is 0 Å². The van der Waals surface area contributed by atoms with Gasteiger partial charge in [-0.3, -0.25) is 0 Å². The van der Waals surface area contributed by atoms with E-state index in [2.05, 4.69) is 79.7 Å². The van der Waals surface area contributed by atoms with Gasteiger partial charge in [0.15, 0.2) is 0 Å². The van der Waals surface area contributed by atoms with E-state index in [0.29, 0.717) is 55.2 Å². The molecule has 3 nitrogen and oxygen atoms in total. The third-order valence-corrected chi connectivity index (χ3v) is 10.1. The molecule has 0 radical (unpaired) electrons. The van der Waals surface area contributed by atoms with Crippen molar-refractivity contribution in [2.75, 3.05) is 0 Å². The van der Waals surface area contributed by atoms with Crippen LogP contribution in [-0.4, -0.2) is 11.9 Å². The molecule has 0 spiro atoms. The summed E-state index contributed by atoms with van der Waals surface area (Å²) in [5.41, 5.74) is 5.59. The maximum atomic E-state index is 12.1. The molecule has 0 bridgehead atoms. The van der Waals surface area contributed by atoms with Gasteiger partial charge in [-0.05, 0) is 109 Å². The first-order valence-electron chi connectivity index (χ1n) is 15.0. The molecule has 0 heterocycles. The maximum absolute atomic E-state index is 12.1. The van der Waals surface area contributed by atoms with Crippen LogP contribution in [0.2, 0.25) is 0 Å². The third-order valence-electron chi connectivity index (χ3n) is 10.1. The smallest absolute Gasteiger partial charge is 0.129 e. The number of fused-ring (bicyclic) bond motifs is 5. The van der Waals surface area contributed by atoms with E-state index < -0.39 is 0 Å². The summed E-state index contributed by atoms with van der Waals surface area (Å²) in [6, 6.07) is 27.8. The second-order valence-corrected chi connectivity index (χ2v) is 12.5. The average Bonchev–Trinajstić information content (AvgIpc) is 3.30. The molecule has 3 aromatic rings. The summed E-state index contributed by atoms with van der Waals surface area (Å²) in [4.78, 5) is 12.1. The molecular formula is C36H42O3. The first-order chi connectivity index (χ1) is 19.0. The lowest BCUT2D eigenvalue weighted by Crippen LogP contribution is -2.48. The summed E-state index contributed by atoms with van der Waals surface area (Å²) in [6.45, 7) is 5.54. The minimum Gasteiger partial charge on any atom is -0.489 e. The zero-order chi connectivity index (χ0) is 26.8. The molecule has 0 N–H and O–H groups in total. The molecule has 3 aromatic carbocycles. The summed E-state index contributed by atoms with van der Waals surface area (Å²) in [6.07, 6.45) is 7.84. The van der Waals surface area contributed by atoms with Crippen LogP contribution in [0.4, 0.5) is 0 Å². The summed E-state index contributed by atoms with van der Waals surface area (Å²) < 4.78 is 12.9. The Balaban J connectivity index is 1.23. The lowest BCUT2D eigenvalue weighted by Gasteiger charge is -2.54. The fourth-order valence-corrected chi connectivity index (χ4v) is 8.36. The van der Waals surface area contributed by atoms with Gasteiger partial charge >= 0.3 is 0 Å². The summed E-state index contributed by atoms with van der Waals surface area (Å²) in [5.74, 6) is 3.65. The van der Waals surface area contributed by atoms with Gasteiger partial charge < -0.3 is 14.3 Å². The quantitative estimate of drug-likeness (QED) is 0.283. The van der Waals surface area contributed by atoms with E-state index in [4.69, 9.17) is 9.47 Å². The van der Waals surface area contributed by atoms with E-state index in [1.165, 1.54) is 35.1 Å². The molecule has 3 aliphatic rings. The highest BCUT2D eigenvalue weighted by molar-refractivity contribution is 5.75. The van der Waals surface area contributed by atoms with Crippen LogP contribution in [0.1, 0.15) is 80.5 Å². The monoisotopic (exact) mass is 522 g/mol. The minimum atomic E-state index is 0.174. The van der Waals surface area contributed by atoms with Gasteiger partial charge in [0, 0.05) is 6.42 Å². The van der Waals surface area contributed by atoms with E-state index in [9.17, 15) is 4.79 Å². The molecule has 0 aromatic heterocycles. The number of hydrogen-bond donors (Lipinski definition) is 0. The van der Waals surface area contributed by atoms with Crippen LogP contribution in [0.15, 0.2) is 78.9 Å². The number of benzene rings is 3. The Bertz CT molecular complexity index is 1270. The molecular weight excluding hydrogens is 480 g/mol. The Kier molecular flexibility index (Phi) is 7.62. The predicted molar refractivity (Wildman–Crippen MR) is 156 cm³/mol. The van der Waals surface area contributed by atoms with Crippen molar-refractivity contribution in [1.29, 1.82) is 0 Å². The van der Waals surface area contributed by atoms with E-state index in [0.717, 1.165) is 31.4 Å². The lowest BCUT2D eigenvalue weighted by molar-refractivity contribution is -0.118. The number of ether oxygens (including phenoxy) is 2. The van der Waals surface area contributed by atoms with Gasteiger partial charge in [0.25, 0.3) is 0 Å². The normalized spacial score (nSPS) is 29.2. The Morgan fingerprint density at radius 1 is 0.897 bits per heavy atom. The molecule has 3 heteroatoms. The molecule has 0 aliphatic heterocycles. The van der Waals surface area contributed by atoms with Crippen molar-refractivity contribution in [2.24, 2.45) is 23.2 Å². The number of rotatable bonds is 9. The van der Waals surface area contributed by atoms with E-state index in [1.54, 1.807) is 6.92 Å². The van der Waals surface area contributed by atoms with Crippen molar-refractivity contribution >= 4 is 5.78 Å².